The van der Waals surface area contributed by atoms with Gasteiger partial charge in [-0.15, -0.1) is 0 Å². The van der Waals surface area contributed by atoms with Gasteiger partial charge in [0.05, 0.1) is 39.7 Å². The first-order valence-corrected chi connectivity index (χ1v) is 20.6. The minimum Gasteiger partial charge on any atom is -0.481 e. The van der Waals surface area contributed by atoms with Crippen molar-refractivity contribution in [1.29, 1.82) is 0 Å². The lowest BCUT2D eigenvalue weighted by Crippen LogP contribution is -2.28. The molecule has 0 saturated carbocycles. The van der Waals surface area contributed by atoms with Crippen LogP contribution in [0.5, 0.6) is 0 Å². The lowest BCUT2D eigenvalue weighted by atomic mass is 9.86. The maximum atomic E-state index is 13.3. The van der Waals surface area contributed by atoms with Crippen LogP contribution in [0.4, 0.5) is 0 Å². The third-order valence-electron chi connectivity index (χ3n) is 9.54. The zero-order chi connectivity index (χ0) is 42.2. The van der Waals surface area contributed by atoms with Crippen LogP contribution in [0.15, 0.2) is 107 Å². The molecule has 1 atom stereocenters. The van der Waals surface area contributed by atoms with Crippen molar-refractivity contribution in [3.05, 3.63) is 152 Å². The van der Waals surface area contributed by atoms with Crippen molar-refractivity contribution >= 4 is 43.7 Å². The summed E-state index contributed by atoms with van der Waals surface area (Å²) < 4.78 is 3.66. The molecule has 0 fully saturated rings. The zero-order valence-electron chi connectivity index (χ0n) is 35.4. The van der Waals surface area contributed by atoms with Gasteiger partial charge in [-0.25, -0.2) is 9.97 Å². The molecule has 57 heavy (non-hydrogen) atoms. The lowest BCUT2D eigenvalue weighted by molar-refractivity contribution is -0.134. The van der Waals surface area contributed by atoms with Gasteiger partial charge in [-0.05, 0) is 69.2 Å². The van der Waals surface area contributed by atoms with Gasteiger partial charge >= 0.3 is 0 Å². The number of aliphatic carboxylic acids is 1. The molecular formula is C48H59BrN4O4. The van der Waals surface area contributed by atoms with Crippen LogP contribution >= 0.6 is 15.9 Å². The van der Waals surface area contributed by atoms with E-state index in [1.54, 1.807) is 0 Å². The predicted molar refractivity (Wildman–Crippen MR) is 239 cm³/mol. The Morgan fingerprint density at radius 3 is 1.47 bits per heavy atom. The van der Waals surface area contributed by atoms with E-state index in [-0.39, 0.29) is 26.8 Å². The van der Waals surface area contributed by atoms with Gasteiger partial charge < -0.3 is 5.11 Å². The second kappa shape index (κ2) is 19.0. The van der Waals surface area contributed by atoms with E-state index in [4.69, 9.17) is 19.9 Å². The van der Waals surface area contributed by atoms with E-state index in [1.165, 1.54) is 11.1 Å². The van der Waals surface area contributed by atoms with Crippen LogP contribution in [0.1, 0.15) is 115 Å². The van der Waals surface area contributed by atoms with E-state index in [0.717, 1.165) is 47.2 Å². The van der Waals surface area contributed by atoms with Crippen molar-refractivity contribution in [2.75, 3.05) is 0 Å². The summed E-state index contributed by atoms with van der Waals surface area (Å²) in [6, 6.07) is 32.3. The molecule has 0 aliphatic heterocycles. The van der Waals surface area contributed by atoms with Crippen molar-refractivity contribution in [1.82, 2.24) is 19.1 Å². The first-order valence-electron chi connectivity index (χ1n) is 19.7. The van der Waals surface area contributed by atoms with Crippen LogP contribution in [0, 0.1) is 11.8 Å². The topological polar surface area (TPSA) is 107 Å². The van der Waals surface area contributed by atoms with E-state index < -0.39 is 5.97 Å². The van der Waals surface area contributed by atoms with Gasteiger partial charge in [-0.3, -0.25) is 23.5 Å². The van der Waals surface area contributed by atoms with Crippen molar-refractivity contribution in [3.8, 4) is 0 Å². The van der Waals surface area contributed by atoms with Gasteiger partial charge in [0.25, 0.3) is 17.1 Å². The van der Waals surface area contributed by atoms with E-state index in [2.05, 4.69) is 115 Å². The van der Waals surface area contributed by atoms with Gasteiger partial charge in [0, 0.05) is 13.3 Å². The van der Waals surface area contributed by atoms with E-state index >= 15 is 0 Å². The molecule has 9 heteroatoms. The summed E-state index contributed by atoms with van der Waals surface area (Å²) in [5.41, 5.74) is 6.30. The van der Waals surface area contributed by atoms with Gasteiger partial charge in [0.1, 0.15) is 11.6 Å². The second-order valence-electron chi connectivity index (χ2n) is 17.5. The number of benzene rings is 4. The largest absolute Gasteiger partial charge is 0.481 e. The summed E-state index contributed by atoms with van der Waals surface area (Å²) in [6.45, 7) is 23.8. The molecule has 4 aromatic carbocycles. The highest BCUT2D eigenvalue weighted by Gasteiger charge is 2.23. The fraction of sp³-hybridized carbons (Fsp3) is 0.396. The van der Waals surface area contributed by atoms with E-state index in [0.29, 0.717) is 35.7 Å². The number of nitrogens with zero attached hydrogens (tertiary/aromatic N) is 4. The first kappa shape index (κ1) is 44.8. The van der Waals surface area contributed by atoms with E-state index in [1.807, 2.05) is 75.9 Å². The number of hydrogen-bond donors (Lipinski definition) is 1. The Morgan fingerprint density at radius 1 is 0.667 bits per heavy atom. The standard InChI is InChI=1S/C23H27BrN2O.C23H28N2O.C2H4O2/c1-15(2)20(24)21-25-19-13-17(23(3,4)5)11-12-18(19)22(27)26(21)14-16-9-7-6-8-10-16;1-16(2)13-21-24-20-14-18(23(3,4)5)11-12-19(20)22(26)25(21)15-17-9-7-6-8-10-17;1-2(3)4/h6-13,15,20H,14H2,1-5H3;6-12,14,16H,13,15H2,1-5H3;1H3,(H,3,4). The number of hydrogen-bond acceptors (Lipinski definition) is 5. The molecule has 6 rings (SSSR count). The summed E-state index contributed by atoms with van der Waals surface area (Å²) in [5, 5.41) is 8.78. The molecule has 0 radical (unpaired) electrons. The van der Waals surface area contributed by atoms with Gasteiger partial charge in [0.15, 0.2) is 0 Å². The molecule has 1 unspecified atom stereocenters. The Bertz CT molecular complexity index is 2400. The van der Waals surface area contributed by atoms with Crippen molar-refractivity contribution < 1.29 is 9.90 Å². The minimum absolute atomic E-state index is 0.0107. The normalized spacial score (nSPS) is 12.2. The van der Waals surface area contributed by atoms with Crippen LogP contribution in [0.25, 0.3) is 21.8 Å². The number of carboxylic acid groups (broad SMARTS) is 1. The fourth-order valence-electron chi connectivity index (χ4n) is 6.32. The second-order valence-corrected chi connectivity index (χ2v) is 18.5. The Hall–Kier alpha value is -4.89. The summed E-state index contributed by atoms with van der Waals surface area (Å²) >= 11 is 3.77. The minimum atomic E-state index is -0.833. The molecule has 8 nitrogen and oxygen atoms in total. The third kappa shape index (κ3) is 12.1. The van der Waals surface area contributed by atoms with Crippen LogP contribution in [-0.4, -0.2) is 30.2 Å². The highest BCUT2D eigenvalue weighted by atomic mass is 79.9. The van der Waals surface area contributed by atoms with E-state index in [9.17, 15) is 9.59 Å². The fourth-order valence-corrected chi connectivity index (χ4v) is 6.67. The van der Waals surface area contributed by atoms with Gasteiger partial charge in [0.2, 0.25) is 0 Å². The lowest BCUT2D eigenvalue weighted by Gasteiger charge is -2.22. The molecule has 302 valence electrons. The quantitative estimate of drug-likeness (QED) is 0.153. The van der Waals surface area contributed by atoms with Gasteiger partial charge in [-0.2, -0.15) is 0 Å². The summed E-state index contributed by atoms with van der Waals surface area (Å²) in [6.07, 6.45) is 0.789. The Labute approximate surface area is 346 Å². The monoisotopic (exact) mass is 834 g/mol. The summed E-state index contributed by atoms with van der Waals surface area (Å²) in [5.74, 6) is 1.58. The van der Waals surface area contributed by atoms with Crippen molar-refractivity contribution in [3.63, 3.8) is 0 Å². The average molecular weight is 836 g/mol. The van der Waals surface area contributed by atoms with Crippen LogP contribution in [-0.2, 0) is 35.1 Å². The van der Waals surface area contributed by atoms with Crippen LogP contribution in [0.2, 0.25) is 0 Å². The Balaban J connectivity index is 0.000000231. The predicted octanol–water partition coefficient (Wildman–Crippen LogP) is 10.9. The number of alkyl halides is 1. The van der Waals surface area contributed by atoms with Crippen LogP contribution < -0.4 is 11.1 Å². The number of carboxylic acids is 1. The van der Waals surface area contributed by atoms with Crippen molar-refractivity contribution in [2.45, 2.75) is 111 Å². The molecule has 6 aromatic rings. The molecule has 2 heterocycles. The highest BCUT2D eigenvalue weighted by Crippen LogP contribution is 2.31. The SMILES string of the molecule is CC(=O)O.CC(C)C(Br)c1nc2cc(C(C)(C)C)ccc2c(=O)n1Cc1ccccc1.CC(C)Cc1nc2cc(C(C)(C)C)ccc2c(=O)n1Cc1ccccc1. The molecule has 0 saturated heterocycles. The first-order chi connectivity index (χ1) is 26.7. The molecule has 2 aromatic heterocycles. The Morgan fingerprint density at radius 2 is 1.07 bits per heavy atom. The molecule has 0 aliphatic carbocycles. The number of aromatic nitrogens is 4. The number of fused-ring (bicyclic) bond motifs is 2. The molecule has 0 bridgehead atoms. The number of rotatable bonds is 8. The third-order valence-corrected chi connectivity index (χ3v) is 11.0. The van der Waals surface area contributed by atoms with Gasteiger partial charge in [-0.1, -0.05) is 158 Å². The molecular weight excluding hydrogens is 776 g/mol. The zero-order valence-corrected chi connectivity index (χ0v) is 37.0. The maximum absolute atomic E-state index is 13.3. The molecule has 0 spiro atoms. The summed E-state index contributed by atoms with van der Waals surface area (Å²) in [4.78, 5) is 45.4. The maximum Gasteiger partial charge on any atom is 0.300 e. The average Bonchev–Trinajstić information content (AvgIpc) is 3.13. The highest BCUT2D eigenvalue weighted by molar-refractivity contribution is 9.09. The van der Waals surface area contributed by atoms with Crippen LogP contribution in [0.3, 0.4) is 0 Å². The molecule has 0 amide bonds. The number of halogens is 1. The summed E-state index contributed by atoms with van der Waals surface area (Å²) in [7, 11) is 0. The Kier molecular flexibility index (Phi) is 15.0. The molecule has 1 N–H and O–H groups in total. The molecule has 0 aliphatic rings. The van der Waals surface area contributed by atoms with Crippen molar-refractivity contribution in [2.24, 2.45) is 11.8 Å². The number of carbonyl (C=O) groups is 1. The smallest absolute Gasteiger partial charge is 0.300 e.